The lowest BCUT2D eigenvalue weighted by atomic mass is 10.1. The molecule has 1 saturated heterocycles. The lowest BCUT2D eigenvalue weighted by Gasteiger charge is -2.21. The highest BCUT2D eigenvalue weighted by atomic mass is 19.1. The molecule has 0 radical (unpaired) electrons. The Labute approximate surface area is 243 Å². The SMILES string of the molecule is CC(C)(C)OC(=O)NCc1ncccc1CNC(=O)c1cc(F)c(N2CC[C@@H](O)C2)nc1NCCc1cccc(F)c1. The van der Waals surface area contributed by atoms with E-state index in [0.29, 0.717) is 37.2 Å². The Hall–Kier alpha value is -4.32. The molecule has 2 aromatic heterocycles. The summed E-state index contributed by atoms with van der Waals surface area (Å²) >= 11 is 0. The third-order valence-corrected chi connectivity index (χ3v) is 6.48. The van der Waals surface area contributed by atoms with Gasteiger partial charge in [0.15, 0.2) is 11.6 Å². The molecule has 4 rings (SSSR count). The van der Waals surface area contributed by atoms with Gasteiger partial charge in [0.05, 0.1) is 23.9 Å². The summed E-state index contributed by atoms with van der Waals surface area (Å²) in [6.45, 7) is 6.41. The molecular formula is C30H36F2N6O4. The number of nitrogens with one attached hydrogen (secondary N) is 3. The Bertz CT molecular complexity index is 1410. The van der Waals surface area contributed by atoms with Gasteiger partial charge in [-0.25, -0.2) is 18.6 Å². The van der Waals surface area contributed by atoms with Crippen LogP contribution in [0.2, 0.25) is 0 Å². The number of nitrogens with zero attached hydrogens (tertiary/aromatic N) is 3. The number of halogens is 2. The van der Waals surface area contributed by atoms with Crippen molar-refractivity contribution in [3.05, 3.63) is 82.7 Å². The van der Waals surface area contributed by atoms with E-state index in [4.69, 9.17) is 4.74 Å². The van der Waals surface area contributed by atoms with Crippen LogP contribution < -0.4 is 20.9 Å². The molecule has 0 bridgehead atoms. The van der Waals surface area contributed by atoms with E-state index in [9.17, 15) is 19.1 Å². The van der Waals surface area contributed by atoms with Gasteiger partial charge in [-0.1, -0.05) is 18.2 Å². The van der Waals surface area contributed by atoms with E-state index >= 15 is 4.39 Å². The number of ether oxygens (including phenoxy) is 1. The van der Waals surface area contributed by atoms with Gasteiger partial charge in [-0.3, -0.25) is 9.78 Å². The predicted octanol–water partition coefficient (Wildman–Crippen LogP) is 3.94. The van der Waals surface area contributed by atoms with E-state index in [1.54, 1.807) is 56.1 Å². The molecule has 4 N–H and O–H groups in total. The summed E-state index contributed by atoms with van der Waals surface area (Å²) in [6.07, 6.45) is 1.33. The number of hydrogen-bond donors (Lipinski definition) is 4. The lowest BCUT2D eigenvalue weighted by Crippen LogP contribution is -2.33. The van der Waals surface area contributed by atoms with Crippen molar-refractivity contribution >= 4 is 23.6 Å². The maximum atomic E-state index is 15.2. The quantitative estimate of drug-likeness (QED) is 0.283. The van der Waals surface area contributed by atoms with Crippen LogP contribution in [0.25, 0.3) is 0 Å². The number of carbonyl (C=O) groups excluding carboxylic acids is 2. The van der Waals surface area contributed by atoms with E-state index in [-0.39, 0.29) is 42.7 Å². The molecule has 12 heteroatoms. The summed E-state index contributed by atoms with van der Waals surface area (Å²) in [6, 6.07) is 10.8. The van der Waals surface area contributed by atoms with Crippen LogP contribution in [-0.4, -0.2) is 58.4 Å². The zero-order valence-electron chi connectivity index (χ0n) is 23.9. The highest BCUT2D eigenvalue weighted by molar-refractivity contribution is 5.99. The molecule has 10 nitrogen and oxygen atoms in total. The Morgan fingerprint density at radius 1 is 1.12 bits per heavy atom. The predicted molar refractivity (Wildman–Crippen MR) is 154 cm³/mol. The van der Waals surface area contributed by atoms with Crippen LogP contribution in [-0.2, 0) is 24.2 Å². The standard InChI is InChI=1S/C30H36F2N6O4/c1-30(2,3)42-29(41)36-17-25-20(7-5-11-33-25)16-35-28(40)23-15-24(32)27(38-13-10-22(39)18-38)37-26(23)34-12-9-19-6-4-8-21(31)14-19/h4-8,11,14-15,22,39H,9-10,12-13,16-18H2,1-3H3,(H,34,37)(H,35,40)(H,36,41)/t22-/m1/s1. The fourth-order valence-electron chi connectivity index (χ4n) is 4.49. The van der Waals surface area contributed by atoms with Crippen LogP contribution in [0.5, 0.6) is 0 Å². The van der Waals surface area contributed by atoms with Gasteiger partial charge in [0, 0.05) is 32.4 Å². The van der Waals surface area contributed by atoms with Crippen LogP contribution in [0.15, 0.2) is 48.7 Å². The van der Waals surface area contributed by atoms with E-state index in [1.165, 1.54) is 12.1 Å². The number of rotatable bonds is 10. The van der Waals surface area contributed by atoms with Crippen molar-refractivity contribution in [2.45, 2.75) is 58.4 Å². The zero-order valence-corrected chi connectivity index (χ0v) is 23.9. The molecule has 1 aromatic carbocycles. The van der Waals surface area contributed by atoms with E-state index in [0.717, 1.165) is 11.6 Å². The molecule has 0 aliphatic carbocycles. The number of alkyl carbamates (subject to hydrolysis) is 1. The molecule has 1 aliphatic heterocycles. The highest BCUT2D eigenvalue weighted by Crippen LogP contribution is 2.27. The molecule has 0 unspecified atom stereocenters. The fourth-order valence-corrected chi connectivity index (χ4v) is 4.49. The Kier molecular flexibility index (Phi) is 9.89. The summed E-state index contributed by atoms with van der Waals surface area (Å²) < 4.78 is 34.1. The Morgan fingerprint density at radius 2 is 1.93 bits per heavy atom. The average Bonchev–Trinajstić information content (AvgIpc) is 3.36. The van der Waals surface area contributed by atoms with Gasteiger partial charge in [-0.05, 0) is 69.0 Å². The Balaban J connectivity index is 1.48. The zero-order chi connectivity index (χ0) is 30.3. The summed E-state index contributed by atoms with van der Waals surface area (Å²) in [7, 11) is 0. The summed E-state index contributed by atoms with van der Waals surface area (Å²) in [5.41, 5.74) is 1.28. The topological polar surface area (TPSA) is 129 Å². The number of aliphatic hydroxyl groups excluding tert-OH is 1. The molecule has 3 heterocycles. The molecule has 42 heavy (non-hydrogen) atoms. The van der Waals surface area contributed by atoms with E-state index in [1.807, 2.05) is 0 Å². The first kappa shape index (κ1) is 30.6. The molecule has 0 saturated carbocycles. The first-order chi connectivity index (χ1) is 20.0. The van der Waals surface area contributed by atoms with Gasteiger partial charge < -0.3 is 30.7 Å². The molecular weight excluding hydrogens is 546 g/mol. The number of amides is 2. The number of pyridine rings is 2. The van der Waals surface area contributed by atoms with Crippen molar-refractivity contribution < 1.29 is 28.2 Å². The number of carbonyl (C=O) groups is 2. The second-order valence-electron chi connectivity index (χ2n) is 11.0. The molecule has 1 atom stereocenters. The van der Waals surface area contributed by atoms with Crippen LogP contribution in [0, 0.1) is 11.6 Å². The summed E-state index contributed by atoms with van der Waals surface area (Å²) in [5, 5.41) is 18.5. The first-order valence-corrected chi connectivity index (χ1v) is 13.8. The second-order valence-corrected chi connectivity index (χ2v) is 11.0. The minimum Gasteiger partial charge on any atom is -0.444 e. The average molecular weight is 583 g/mol. The van der Waals surface area contributed by atoms with Crippen molar-refractivity contribution in [3.8, 4) is 0 Å². The summed E-state index contributed by atoms with van der Waals surface area (Å²) in [5.74, 6) is -1.40. The van der Waals surface area contributed by atoms with E-state index in [2.05, 4.69) is 25.9 Å². The number of aliphatic hydroxyl groups is 1. The number of β-amino-alcohol motifs (C(OH)–C–C–N with tert-alkyl or cyclic N) is 1. The van der Waals surface area contributed by atoms with Crippen molar-refractivity contribution in [3.63, 3.8) is 0 Å². The van der Waals surface area contributed by atoms with Crippen LogP contribution in [0.4, 0.5) is 25.2 Å². The van der Waals surface area contributed by atoms with Crippen molar-refractivity contribution in [2.24, 2.45) is 0 Å². The number of benzene rings is 1. The third kappa shape index (κ3) is 8.59. The molecule has 224 valence electrons. The highest BCUT2D eigenvalue weighted by Gasteiger charge is 2.26. The molecule has 3 aromatic rings. The monoisotopic (exact) mass is 582 g/mol. The fraction of sp³-hybridized carbons (Fsp3) is 0.400. The second kappa shape index (κ2) is 13.6. The number of aromatic nitrogens is 2. The normalized spacial score (nSPS) is 14.9. The van der Waals surface area contributed by atoms with Crippen LogP contribution in [0.1, 0.15) is 54.4 Å². The van der Waals surface area contributed by atoms with Gasteiger partial charge in [-0.15, -0.1) is 0 Å². The Morgan fingerprint density at radius 3 is 2.64 bits per heavy atom. The van der Waals surface area contributed by atoms with Crippen molar-refractivity contribution in [2.75, 3.05) is 29.9 Å². The third-order valence-electron chi connectivity index (χ3n) is 6.48. The number of anilines is 2. The van der Waals surface area contributed by atoms with Gasteiger partial charge in [-0.2, -0.15) is 0 Å². The first-order valence-electron chi connectivity index (χ1n) is 13.8. The summed E-state index contributed by atoms with van der Waals surface area (Å²) in [4.78, 5) is 35.8. The van der Waals surface area contributed by atoms with Crippen LogP contribution >= 0.6 is 0 Å². The number of hydrogen-bond acceptors (Lipinski definition) is 8. The maximum Gasteiger partial charge on any atom is 0.407 e. The minimum absolute atomic E-state index is 0.00689. The molecule has 1 aliphatic rings. The molecule has 2 amide bonds. The molecule has 1 fully saturated rings. The van der Waals surface area contributed by atoms with Gasteiger partial charge >= 0.3 is 6.09 Å². The molecule has 0 spiro atoms. The lowest BCUT2D eigenvalue weighted by molar-refractivity contribution is 0.0522. The van der Waals surface area contributed by atoms with Gasteiger partial charge in [0.1, 0.15) is 17.2 Å². The van der Waals surface area contributed by atoms with Gasteiger partial charge in [0.2, 0.25) is 0 Å². The van der Waals surface area contributed by atoms with E-state index < -0.39 is 29.5 Å². The largest absolute Gasteiger partial charge is 0.444 e. The maximum absolute atomic E-state index is 15.2. The van der Waals surface area contributed by atoms with Crippen LogP contribution in [0.3, 0.4) is 0 Å². The smallest absolute Gasteiger partial charge is 0.407 e. The van der Waals surface area contributed by atoms with Crippen molar-refractivity contribution in [1.82, 2.24) is 20.6 Å². The minimum atomic E-state index is -0.687. The van der Waals surface area contributed by atoms with Gasteiger partial charge in [0.25, 0.3) is 5.91 Å². The van der Waals surface area contributed by atoms with Crippen molar-refractivity contribution in [1.29, 1.82) is 0 Å².